The molecule has 11 heteroatoms. The summed E-state index contributed by atoms with van der Waals surface area (Å²) in [6.07, 6.45) is -3.99. The van der Waals surface area contributed by atoms with E-state index in [-0.39, 0.29) is 5.69 Å². The van der Waals surface area contributed by atoms with E-state index in [2.05, 4.69) is 10.5 Å². The van der Waals surface area contributed by atoms with Crippen molar-refractivity contribution in [2.75, 3.05) is 5.43 Å². The van der Waals surface area contributed by atoms with Crippen LogP contribution in [0.1, 0.15) is 11.3 Å². The molecule has 122 valence electrons. The fraction of sp³-hybridized carbons (Fsp3) is 0.167. The number of H-pyrrole nitrogens is 1. The molecule has 0 aliphatic rings. The van der Waals surface area contributed by atoms with Crippen LogP contribution < -0.4 is 11.0 Å². The molecule has 0 saturated carbocycles. The van der Waals surface area contributed by atoms with E-state index in [0.29, 0.717) is 10.4 Å². The third kappa shape index (κ3) is 3.56. The van der Waals surface area contributed by atoms with Crippen molar-refractivity contribution in [2.45, 2.75) is 6.18 Å². The molecule has 2 aromatic rings. The highest BCUT2D eigenvalue weighted by Crippen LogP contribution is 2.28. The van der Waals surface area contributed by atoms with Gasteiger partial charge in [0.25, 0.3) is 11.2 Å². The first kappa shape index (κ1) is 16.3. The molecule has 8 nitrogen and oxygen atoms in total. The smallest absolute Gasteiger partial charge is 0.291 e. The first-order valence-electron chi connectivity index (χ1n) is 6.10. The van der Waals surface area contributed by atoms with Gasteiger partial charge in [-0.3, -0.25) is 30.1 Å². The lowest BCUT2D eigenvalue weighted by Crippen LogP contribution is -2.16. The number of hydrogen-bond acceptors (Lipinski definition) is 5. The lowest BCUT2D eigenvalue weighted by molar-refractivity contribution is -0.384. The fourth-order valence-corrected chi connectivity index (χ4v) is 1.73. The highest BCUT2D eigenvalue weighted by atomic mass is 19.4. The summed E-state index contributed by atoms with van der Waals surface area (Å²) in [5.41, 5.74) is -0.172. The SMILES string of the molecule is Cn1[nH]c(C(F)(F)F)c(C=NNc2ccc([N+](=O)[O-])cc2)c1=O. The van der Waals surface area contributed by atoms with E-state index >= 15 is 0 Å². The van der Waals surface area contributed by atoms with Crippen molar-refractivity contribution < 1.29 is 18.1 Å². The first-order chi connectivity index (χ1) is 10.7. The minimum absolute atomic E-state index is 0.140. The number of benzene rings is 1. The zero-order chi connectivity index (χ0) is 17.2. The van der Waals surface area contributed by atoms with Gasteiger partial charge in [-0.05, 0) is 12.1 Å². The van der Waals surface area contributed by atoms with Crippen LogP contribution in [0.4, 0.5) is 24.5 Å². The van der Waals surface area contributed by atoms with Gasteiger partial charge in [-0.2, -0.15) is 18.3 Å². The van der Waals surface area contributed by atoms with Gasteiger partial charge in [-0.25, -0.2) is 0 Å². The fourth-order valence-electron chi connectivity index (χ4n) is 1.73. The molecule has 0 spiro atoms. The van der Waals surface area contributed by atoms with Crippen LogP contribution in [0.2, 0.25) is 0 Å². The lowest BCUT2D eigenvalue weighted by Gasteiger charge is -2.03. The number of non-ortho nitro benzene ring substituents is 1. The summed E-state index contributed by atoms with van der Waals surface area (Å²) < 4.78 is 39.0. The van der Waals surface area contributed by atoms with Gasteiger partial charge in [0.1, 0.15) is 0 Å². The maximum absolute atomic E-state index is 12.8. The number of aryl methyl sites for hydroxylation is 1. The minimum Gasteiger partial charge on any atom is -0.291 e. The second-order valence-corrected chi connectivity index (χ2v) is 4.44. The number of hydrogen-bond donors (Lipinski definition) is 2. The first-order valence-corrected chi connectivity index (χ1v) is 6.10. The topological polar surface area (TPSA) is 105 Å². The normalized spacial score (nSPS) is 11.8. The Kier molecular flexibility index (Phi) is 4.20. The van der Waals surface area contributed by atoms with Crippen molar-refractivity contribution >= 4 is 17.6 Å². The number of rotatable bonds is 4. The van der Waals surface area contributed by atoms with Gasteiger partial charge in [0, 0.05) is 19.2 Å². The zero-order valence-corrected chi connectivity index (χ0v) is 11.6. The second kappa shape index (κ2) is 5.94. The number of nitrogens with one attached hydrogen (secondary N) is 2. The number of nitro benzene ring substituents is 1. The number of aromatic amines is 1. The van der Waals surface area contributed by atoms with Gasteiger partial charge < -0.3 is 0 Å². The molecule has 1 heterocycles. The molecule has 0 aliphatic heterocycles. The van der Waals surface area contributed by atoms with Crippen LogP contribution in [0.25, 0.3) is 0 Å². The van der Waals surface area contributed by atoms with Crippen molar-refractivity contribution in [1.82, 2.24) is 9.78 Å². The predicted molar refractivity (Wildman–Crippen MR) is 75.3 cm³/mol. The summed E-state index contributed by atoms with van der Waals surface area (Å²) >= 11 is 0. The Labute approximate surface area is 126 Å². The van der Waals surface area contributed by atoms with Crippen molar-refractivity contribution in [3.8, 4) is 0 Å². The highest BCUT2D eigenvalue weighted by Gasteiger charge is 2.37. The van der Waals surface area contributed by atoms with Crippen LogP contribution in [-0.4, -0.2) is 20.9 Å². The Bertz CT molecular complexity index is 805. The predicted octanol–water partition coefficient (Wildman–Crippen LogP) is 2.09. The van der Waals surface area contributed by atoms with E-state index in [4.69, 9.17) is 0 Å². The van der Waals surface area contributed by atoms with E-state index in [1.165, 1.54) is 24.3 Å². The maximum Gasteiger partial charge on any atom is 0.433 e. The third-order valence-electron chi connectivity index (χ3n) is 2.83. The Hall–Kier alpha value is -3.11. The van der Waals surface area contributed by atoms with Gasteiger partial charge >= 0.3 is 6.18 Å². The molecule has 1 aromatic heterocycles. The standard InChI is InChI=1S/C12H10F3N5O3/c1-19-11(21)9(10(18-19)12(13,14)15)6-16-17-7-2-4-8(5-3-7)20(22)23/h2-6,17-18H,1H3. The van der Waals surface area contributed by atoms with Gasteiger partial charge in [-0.1, -0.05) is 0 Å². The molecule has 23 heavy (non-hydrogen) atoms. The molecule has 2 N–H and O–H groups in total. The van der Waals surface area contributed by atoms with Crippen LogP contribution in [0.3, 0.4) is 0 Å². The second-order valence-electron chi connectivity index (χ2n) is 4.44. The van der Waals surface area contributed by atoms with E-state index in [1.807, 2.05) is 5.10 Å². The van der Waals surface area contributed by atoms with Gasteiger partial charge in [0.05, 0.1) is 22.4 Å². The number of nitrogens with zero attached hydrogens (tertiary/aromatic N) is 3. The van der Waals surface area contributed by atoms with Crippen molar-refractivity contribution in [3.05, 3.63) is 56.0 Å². The summed E-state index contributed by atoms with van der Waals surface area (Å²) in [5, 5.41) is 16.0. The number of halogens is 3. The number of anilines is 1. The van der Waals surface area contributed by atoms with Crippen LogP contribution in [0.5, 0.6) is 0 Å². The Morgan fingerprint density at radius 1 is 1.35 bits per heavy atom. The van der Waals surface area contributed by atoms with Crippen molar-refractivity contribution in [3.63, 3.8) is 0 Å². The molecule has 0 atom stereocenters. The van der Waals surface area contributed by atoms with Crippen molar-refractivity contribution in [2.24, 2.45) is 12.1 Å². The van der Waals surface area contributed by atoms with E-state index in [9.17, 15) is 28.1 Å². The molecule has 0 fully saturated rings. The molecule has 0 radical (unpaired) electrons. The average Bonchev–Trinajstić information content (AvgIpc) is 2.76. The minimum atomic E-state index is -4.73. The Morgan fingerprint density at radius 3 is 2.48 bits per heavy atom. The maximum atomic E-state index is 12.8. The number of alkyl halides is 3. The molecule has 0 saturated heterocycles. The number of aromatic nitrogens is 2. The summed E-state index contributed by atoms with van der Waals surface area (Å²) in [6, 6.07) is 5.06. The third-order valence-corrected chi connectivity index (χ3v) is 2.83. The molecular weight excluding hydrogens is 319 g/mol. The van der Waals surface area contributed by atoms with E-state index in [0.717, 1.165) is 13.3 Å². The van der Waals surface area contributed by atoms with Gasteiger partial charge in [-0.15, -0.1) is 0 Å². The summed E-state index contributed by atoms with van der Waals surface area (Å²) in [7, 11) is 1.15. The summed E-state index contributed by atoms with van der Waals surface area (Å²) in [4.78, 5) is 21.5. The van der Waals surface area contributed by atoms with Gasteiger partial charge in [0.15, 0.2) is 5.69 Å². The van der Waals surface area contributed by atoms with Crippen LogP contribution in [-0.2, 0) is 13.2 Å². The molecule has 0 amide bonds. The van der Waals surface area contributed by atoms with Crippen LogP contribution in [0.15, 0.2) is 34.2 Å². The molecule has 0 aliphatic carbocycles. The Balaban J connectivity index is 2.21. The average molecular weight is 329 g/mol. The number of nitro groups is 1. The molecule has 2 rings (SSSR count). The van der Waals surface area contributed by atoms with Crippen molar-refractivity contribution in [1.29, 1.82) is 0 Å². The van der Waals surface area contributed by atoms with E-state index in [1.54, 1.807) is 0 Å². The zero-order valence-electron chi connectivity index (χ0n) is 11.6. The Morgan fingerprint density at radius 2 is 1.96 bits per heavy atom. The summed E-state index contributed by atoms with van der Waals surface area (Å²) in [6.45, 7) is 0. The summed E-state index contributed by atoms with van der Waals surface area (Å²) in [5.74, 6) is 0. The molecule has 0 bridgehead atoms. The quantitative estimate of drug-likeness (QED) is 0.509. The monoisotopic (exact) mass is 329 g/mol. The van der Waals surface area contributed by atoms with Crippen LogP contribution in [0, 0.1) is 10.1 Å². The van der Waals surface area contributed by atoms with Gasteiger partial charge in [0.2, 0.25) is 0 Å². The largest absolute Gasteiger partial charge is 0.433 e. The van der Waals surface area contributed by atoms with E-state index < -0.39 is 27.9 Å². The molecule has 0 unspecified atom stereocenters. The van der Waals surface area contributed by atoms with Crippen LogP contribution >= 0.6 is 0 Å². The highest BCUT2D eigenvalue weighted by molar-refractivity contribution is 5.81. The number of hydrazone groups is 1. The lowest BCUT2D eigenvalue weighted by atomic mass is 10.2. The molecular formula is C12H10F3N5O3. The molecule has 1 aromatic carbocycles.